The fourth-order valence-corrected chi connectivity index (χ4v) is 2.53. The van der Waals surface area contributed by atoms with Gasteiger partial charge in [0.15, 0.2) is 0 Å². The first-order valence-electron chi connectivity index (χ1n) is 5.84. The molecule has 1 aromatic heterocycles. The van der Waals surface area contributed by atoms with Crippen molar-refractivity contribution in [2.24, 2.45) is 0 Å². The molecule has 0 saturated carbocycles. The highest BCUT2D eigenvalue weighted by Crippen LogP contribution is 2.28. The van der Waals surface area contributed by atoms with Crippen molar-refractivity contribution in [3.05, 3.63) is 22.3 Å². The largest absolute Gasteiger partial charge is 0.377 e. The number of likely N-dealkylation sites (N-methyl/N-ethyl adjacent to an activating group) is 1. The van der Waals surface area contributed by atoms with E-state index in [0.29, 0.717) is 6.04 Å². The Morgan fingerprint density at radius 3 is 3.24 bits per heavy atom. The molecule has 0 spiro atoms. The van der Waals surface area contributed by atoms with Gasteiger partial charge in [-0.15, -0.1) is 0 Å². The first-order valence-corrected chi connectivity index (χ1v) is 6.63. The second-order valence-corrected chi connectivity index (χ2v) is 5.04. The zero-order chi connectivity index (χ0) is 12.3. The van der Waals surface area contributed by atoms with E-state index in [1.54, 1.807) is 0 Å². The Balaban J connectivity index is 2.26. The lowest BCUT2D eigenvalue weighted by molar-refractivity contribution is 0.0938. The molecule has 0 radical (unpaired) electrons. The summed E-state index contributed by atoms with van der Waals surface area (Å²) in [6.07, 6.45) is 1.86. The van der Waals surface area contributed by atoms with E-state index in [1.807, 2.05) is 19.3 Å². The standard InChI is InChI=1S/C12H18BrN3O/c1-9-3-4-15-12(11(9)13)16-5-6-17-8-10(16)7-14-2/h3-4,10,14H,5-8H2,1-2H3. The Kier molecular flexibility index (Phi) is 4.36. The van der Waals surface area contributed by atoms with Crippen molar-refractivity contribution in [1.29, 1.82) is 0 Å². The number of ether oxygens (including phenoxy) is 1. The summed E-state index contributed by atoms with van der Waals surface area (Å²) in [4.78, 5) is 6.81. The molecule has 0 aromatic carbocycles. The van der Waals surface area contributed by atoms with Crippen molar-refractivity contribution < 1.29 is 4.74 Å². The monoisotopic (exact) mass is 299 g/mol. The Morgan fingerprint density at radius 1 is 1.65 bits per heavy atom. The molecule has 2 heterocycles. The molecule has 1 saturated heterocycles. The number of morpholine rings is 1. The lowest BCUT2D eigenvalue weighted by atomic mass is 10.2. The number of nitrogens with one attached hydrogen (secondary N) is 1. The van der Waals surface area contributed by atoms with Crippen molar-refractivity contribution >= 4 is 21.7 Å². The number of anilines is 1. The van der Waals surface area contributed by atoms with Gasteiger partial charge in [-0.2, -0.15) is 0 Å². The molecule has 17 heavy (non-hydrogen) atoms. The van der Waals surface area contributed by atoms with E-state index in [1.165, 1.54) is 5.56 Å². The van der Waals surface area contributed by atoms with Crippen LogP contribution in [0, 0.1) is 6.92 Å². The minimum Gasteiger partial charge on any atom is -0.377 e. The van der Waals surface area contributed by atoms with Gasteiger partial charge in [0.05, 0.1) is 23.7 Å². The second-order valence-electron chi connectivity index (χ2n) is 4.25. The number of rotatable bonds is 3. The first kappa shape index (κ1) is 12.8. The maximum atomic E-state index is 5.53. The van der Waals surface area contributed by atoms with Gasteiger partial charge in [-0.1, -0.05) is 0 Å². The van der Waals surface area contributed by atoms with E-state index < -0.39 is 0 Å². The number of hydrogen-bond donors (Lipinski definition) is 1. The third kappa shape index (κ3) is 2.78. The predicted molar refractivity (Wildman–Crippen MR) is 72.6 cm³/mol. The van der Waals surface area contributed by atoms with Crippen molar-refractivity contribution in [1.82, 2.24) is 10.3 Å². The molecule has 1 N–H and O–H groups in total. The summed E-state index contributed by atoms with van der Waals surface area (Å²) in [7, 11) is 1.96. The number of halogens is 1. The molecule has 1 atom stereocenters. The SMILES string of the molecule is CNCC1COCCN1c1nccc(C)c1Br. The molecule has 94 valence electrons. The van der Waals surface area contributed by atoms with Crippen LogP contribution in [0.3, 0.4) is 0 Å². The molecule has 0 amide bonds. The van der Waals surface area contributed by atoms with Gasteiger partial charge in [0, 0.05) is 19.3 Å². The van der Waals surface area contributed by atoms with Crippen LogP contribution >= 0.6 is 15.9 Å². The summed E-state index contributed by atoms with van der Waals surface area (Å²) >= 11 is 3.63. The van der Waals surface area contributed by atoms with Crippen LogP contribution in [0.4, 0.5) is 5.82 Å². The third-order valence-electron chi connectivity index (χ3n) is 3.00. The molecular weight excluding hydrogens is 282 g/mol. The van der Waals surface area contributed by atoms with Crippen LogP contribution in [0.2, 0.25) is 0 Å². The zero-order valence-electron chi connectivity index (χ0n) is 10.2. The highest BCUT2D eigenvalue weighted by Gasteiger charge is 2.25. The Hall–Kier alpha value is -0.650. The summed E-state index contributed by atoms with van der Waals surface area (Å²) in [5.41, 5.74) is 1.21. The molecule has 1 aliphatic rings. The van der Waals surface area contributed by atoms with Crippen molar-refractivity contribution in [3.8, 4) is 0 Å². The van der Waals surface area contributed by atoms with E-state index in [9.17, 15) is 0 Å². The van der Waals surface area contributed by atoms with Crippen LogP contribution in [0.15, 0.2) is 16.7 Å². The highest BCUT2D eigenvalue weighted by atomic mass is 79.9. The molecule has 1 fully saturated rings. The molecule has 1 unspecified atom stereocenters. The van der Waals surface area contributed by atoms with E-state index >= 15 is 0 Å². The maximum Gasteiger partial charge on any atom is 0.143 e. The van der Waals surface area contributed by atoms with Gasteiger partial charge in [0.1, 0.15) is 5.82 Å². The van der Waals surface area contributed by atoms with Crippen LogP contribution < -0.4 is 10.2 Å². The normalized spacial score (nSPS) is 20.6. The van der Waals surface area contributed by atoms with Crippen LogP contribution in [0.25, 0.3) is 0 Å². The number of aryl methyl sites for hydroxylation is 1. The van der Waals surface area contributed by atoms with Gasteiger partial charge in [0.25, 0.3) is 0 Å². The van der Waals surface area contributed by atoms with Crippen molar-refractivity contribution in [3.63, 3.8) is 0 Å². The lowest BCUT2D eigenvalue weighted by Gasteiger charge is -2.37. The minimum atomic E-state index is 0.347. The van der Waals surface area contributed by atoms with Gasteiger partial charge in [-0.3, -0.25) is 0 Å². The van der Waals surface area contributed by atoms with Crippen LogP contribution in [-0.2, 0) is 4.74 Å². The Labute approximate surface area is 110 Å². The highest BCUT2D eigenvalue weighted by molar-refractivity contribution is 9.10. The van der Waals surface area contributed by atoms with Crippen LogP contribution in [0.1, 0.15) is 5.56 Å². The Bertz CT molecular complexity index is 384. The van der Waals surface area contributed by atoms with Gasteiger partial charge < -0.3 is 15.0 Å². The van der Waals surface area contributed by atoms with E-state index in [0.717, 1.165) is 36.6 Å². The third-order valence-corrected chi connectivity index (χ3v) is 3.98. The maximum absolute atomic E-state index is 5.53. The molecule has 0 bridgehead atoms. The summed E-state index contributed by atoms with van der Waals surface area (Å²) in [5, 5.41) is 3.21. The molecule has 1 aromatic rings. The molecule has 0 aliphatic carbocycles. The summed E-state index contributed by atoms with van der Waals surface area (Å²) in [5.74, 6) is 1.02. The van der Waals surface area contributed by atoms with Crippen LogP contribution in [0.5, 0.6) is 0 Å². The molecule has 1 aliphatic heterocycles. The smallest absolute Gasteiger partial charge is 0.143 e. The summed E-state index contributed by atoms with van der Waals surface area (Å²) < 4.78 is 6.62. The van der Waals surface area contributed by atoms with Crippen molar-refractivity contribution in [2.45, 2.75) is 13.0 Å². The van der Waals surface area contributed by atoms with Gasteiger partial charge in [-0.05, 0) is 41.5 Å². The average molecular weight is 300 g/mol. The average Bonchev–Trinajstić information content (AvgIpc) is 2.34. The molecule has 2 rings (SSSR count). The predicted octanol–water partition coefficient (Wildman–Crippen LogP) is 1.58. The molecular formula is C12H18BrN3O. The first-order chi connectivity index (χ1) is 8.24. The van der Waals surface area contributed by atoms with Gasteiger partial charge in [0.2, 0.25) is 0 Å². The van der Waals surface area contributed by atoms with Crippen LogP contribution in [-0.4, -0.2) is 44.4 Å². The topological polar surface area (TPSA) is 37.4 Å². The van der Waals surface area contributed by atoms with E-state index in [2.05, 4.69) is 38.1 Å². The van der Waals surface area contributed by atoms with Gasteiger partial charge >= 0.3 is 0 Å². The van der Waals surface area contributed by atoms with E-state index in [-0.39, 0.29) is 0 Å². The lowest BCUT2D eigenvalue weighted by Crippen LogP contribution is -2.50. The minimum absolute atomic E-state index is 0.347. The fraction of sp³-hybridized carbons (Fsp3) is 0.583. The Morgan fingerprint density at radius 2 is 2.47 bits per heavy atom. The summed E-state index contributed by atoms with van der Waals surface area (Å²) in [6, 6.07) is 2.36. The van der Waals surface area contributed by atoms with Gasteiger partial charge in [-0.25, -0.2) is 4.98 Å². The molecule has 4 nitrogen and oxygen atoms in total. The zero-order valence-corrected chi connectivity index (χ0v) is 11.8. The summed E-state index contributed by atoms with van der Waals surface area (Å²) in [6.45, 7) is 5.40. The second kappa shape index (κ2) is 5.80. The number of nitrogens with zero attached hydrogens (tertiary/aromatic N) is 2. The quantitative estimate of drug-likeness (QED) is 0.919. The number of aromatic nitrogens is 1. The fourth-order valence-electron chi connectivity index (χ4n) is 2.06. The number of hydrogen-bond acceptors (Lipinski definition) is 4. The van der Waals surface area contributed by atoms with E-state index in [4.69, 9.17) is 4.74 Å². The van der Waals surface area contributed by atoms with Crippen molar-refractivity contribution in [2.75, 3.05) is 38.3 Å². The molecule has 5 heteroatoms. The number of pyridine rings is 1.